The van der Waals surface area contributed by atoms with Crippen molar-refractivity contribution in [2.24, 2.45) is 0 Å². The van der Waals surface area contributed by atoms with Gasteiger partial charge in [0, 0.05) is 24.3 Å². The van der Waals surface area contributed by atoms with Crippen molar-refractivity contribution in [3.05, 3.63) is 48.5 Å². The summed E-state index contributed by atoms with van der Waals surface area (Å²) in [4.78, 5) is 26.1. The third-order valence-electron chi connectivity index (χ3n) is 4.68. The van der Waals surface area contributed by atoms with Crippen molar-refractivity contribution < 1.29 is 14.3 Å². The van der Waals surface area contributed by atoms with Crippen LogP contribution in [0.1, 0.15) is 19.8 Å². The van der Waals surface area contributed by atoms with Crippen molar-refractivity contribution in [3.8, 4) is 5.75 Å². The Labute approximate surface area is 194 Å². The fourth-order valence-electron chi connectivity index (χ4n) is 3.28. The minimum Gasteiger partial charge on any atom is -0.492 e. The average Bonchev–Trinajstić information content (AvgIpc) is 3.43. The van der Waals surface area contributed by atoms with Crippen LogP contribution < -0.4 is 20.3 Å². The van der Waals surface area contributed by atoms with Crippen LogP contribution in [-0.4, -0.2) is 40.9 Å². The molecule has 2 amide bonds. The average molecular weight is 470 g/mol. The molecule has 1 aliphatic rings. The summed E-state index contributed by atoms with van der Waals surface area (Å²) in [7, 11) is 0. The second-order valence-corrected chi connectivity index (χ2v) is 9.16. The van der Waals surface area contributed by atoms with E-state index in [1.54, 1.807) is 4.90 Å². The van der Waals surface area contributed by atoms with Crippen LogP contribution in [0.3, 0.4) is 0 Å². The largest absolute Gasteiger partial charge is 0.492 e. The van der Waals surface area contributed by atoms with Crippen molar-refractivity contribution in [1.82, 2.24) is 10.2 Å². The van der Waals surface area contributed by atoms with Gasteiger partial charge in [0.1, 0.15) is 5.75 Å². The number of benzene rings is 2. The number of aromatic nitrogens is 2. The summed E-state index contributed by atoms with van der Waals surface area (Å²) < 4.78 is 6.30. The summed E-state index contributed by atoms with van der Waals surface area (Å²) in [6, 6.07) is 15.0. The second kappa shape index (κ2) is 10.5. The predicted molar refractivity (Wildman–Crippen MR) is 128 cm³/mol. The first kappa shape index (κ1) is 22.1. The summed E-state index contributed by atoms with van der Waals surface area (Å²) in [6.45, 7) is 3.22. The van der Waals surface area contributed by atoms with Gasteiger partial charge in [-0.05, 0) is 43.7 Å². The molecule has 0 atom stereocenters. The van der Waals surface area contributed by atoms with Gasteiger partial charge in [0.15, 0.2) is 4.34 Å². The van der Waals surface area contributed by atoms with Crippen LogP contribution in [0.15, 0.2) is 52.9 Å². The fourth-order valence-corrected chi connectivity index (χ4v) is 4.85. The van der Waals surface area contributed by atoms with Gasteiger partial charge < -0.3 is 20.3 Å². The van der Waals surface area contributed by atoms with E-state index in [9.17, 15) is 9.59 Å². The third kappa shape index (κ3) is 5.57. The Hall–Kier alpha value is -3.11. The predicted octanol–water partition coefficient (Wildman–Crippen LogP) is 4.54. The van der Waals surface area contributed by atoms with Crippen LogP contribution >= 0.6 is 23.1 Å². The van der Waals surface area contributed by atoms with E-state index in [-0.39, 0.29) is 17.6 Å². The smallest absolute Gasteiger partial charge is 0.234 e. The minimum atomic E-state index is -0.147. The molecule has 2 heterocycles. The Morgan fingerprint density at radius 2 is 2.09 bits per heavy atom. The molecule has 0 saturated carbocycles. The van der Waals surface area contributed by atoms with Gasteiger partial charge in [-0.15, -0.1) is 10.2 Å². The molecule has 8 nitrogen and oxygen atoms in total. The van der Waals surface area contributed by atoms with Crippen LogP contribution in [0.5, 0.6) is 5.75 Å². The molecule has 1 fully saturated rings. The number of anilines is 4. The lowest BCUT2D eigenvalue weighted by Gasteiger charge is -2.16. The van der Waals surface area contributed by atoms with Crippen LogP contribution in [0.4, 0.5) is 22.2 Å². The van der Waals surface area contributed by atoms with Gasteiger partial charge in [0.2, 0.25) is 16.9 Å². The molecule has 0 radical (unpaired) electrons. The quantitative estimate of drug-likeness (QED) is 0.444. The molecule has 0 bridgehead atoms. The second-order valence-electron chi connectivity index (χ2n) is 6.96. The van der Waals surface area contributed by atoms with Crippen LogP contribution in [0.2, 0.25) is 0 Å². The maximum Gasteiger partial charge on any atom is 0.234 e. The highest BCUT2D eigenvalue weighted by atomic mass is 32.2. The Morgan fingerprint density at radius 1 is 1.22 bits per heavy atom. The van der Waals surface area contributed by atoms with Gasteiger partial charge >= 0.3 is 0 Å². The number of nitrogens with zero attached hydrogens (tertiary/aromatic N) is 3. The van der Waals surface area contributed by atoms with Crippen LogP contribution in [0.25, 0.3) is 0 Å². The van der Waals surface area contributed by atoms with Crippen molar-refractivity contribution in [3.63, 3.8) is 0 Å². The number of para-hydroxylation sites is 2. The number of nitrogens with one attached hydrogen (secondary N) is 2. The van der Waals surface area contributed by atoms with E-state index in [1.165, 1.54) is 23.1 Å². The number of hydrogen-bond acceptors (Lipinski definition) is 8. The third-order valence-corrected chi connectivity index (χ3v) is 6.65. The number of carbonyl (C=O) groups excluding carboxylic acids is 2. The first-order chi connectivity index (χ1) is 15.6. The molecule has 2 N–H and O–H groups in total. The lowest BCUT2D eigenvalue weighted by Crippen LogP contribution is -2.23. The van der Waals surface area contributed by atoms with E-state index in [2.05, 4.69) is 20.8 Å². The molecule has 0 unspecified atom stereocenters. The van der Waals surface area contributed by atoms with E-state index >= 15 is 0 Å². The Balaban J connectivity index is 1.31. The number of thioether (sulfide) groups is 1. The van der Waals surface area contributed by atoms with E-state index in [0.29, 0.717) is 34.7 Å². The molecule has 32 heavy (non-hydrogen) atoms. The SMILES string of the molecule is CCOc1ccccc1Nc1nnc(SCC(=O)Nc2cccc(N3CCCC3=O)c2)s1. The topological polar surface area (TPSA) is 96.4 Å². The number of ether oxygens (including phenoxy) is 1. The summed E-state index contributed by atoms with van der Waals surface area (Å²) in [6.07, 6.45) is 1.44. The van der Waals surface area contributed by atoms with E-state index in [1.807, 2.05) is 55.5 Å². The molecule has 2 aromatic carbocycles. The summed E-state index contributed by atoms with van der Waals surface area (Å²) in [5.74, 6) is 0.924. The van der Waals surface area contributed by atoms with Crippen molar-refractivity contribution in [2.75, 3.05) is 34.4 Å². The normalized spacial score (nSPS) is 13.3. The highest BCUT2D eigenvalue weighted by Gasteiger charge is 2.21. The summed E-state index contributed by atoms with van der Waals surface area (Å²) >= 11 is 2.69. The van der Waals surface area contributed by atoms with Gasteiger partial charge in [0.05, 0.1) is 18.0 Å². The highest BCUT2D eigenvalue weighted by Crippen LogP contribution is 2.32. The summed E-state index contributed by atoms with van der Waals surface area (Å²) in [5, 5.41) is 15.0. The Morgan fingerprint density at radius 3 is 2.91 bits per heavy atom. The number of amides is 2. The molecule has 1 saturated heterocycles. The molecule has 10 heteroatoms. The van der Waals surface area contributed by atoms with Crippen molar-refractivity contribution >= 4 is 57.1 Å². The van der Waals surface area contributed by atoms with Gasteiger partial charge in [-0.2, -0.15) is 0 Å². The van der Waals surface area contributed by atoms with Crippen molar-refractivity contribution in [2.45, 2.75) is 24.1 Å². The molecule has 0 aliphatic carbocycles. The zero-order chi connectivity index (χ0) is 22.3. The van der Waals surface area contributed by atoms with Gasteiger partial charge in [0.25, 0.3) is 0 Å². The molecule has 166 valence electrons. The van der Waals surface area contributed by atoms with Gasteiger partial charge in [-0.25, -0.2) is 0 Å². The Kier molecular flexibility index (Phi) is 7.23. The lowest BCUT2D eigenvalue weighted by atomic mass is 10.2. The van der Waals surface area contributed by atoms with Gasteiger partial charge in [-0.3, -0.25) is 9.59 Å². The maximum atomic E-state index is 12.4. The molecular weight excluding hydrogens is 446 g/mol. The molecule has 3 aromatic rings. The first-order valence-electron chi connectivity index (χ1n) is 10.3. The molecule has 1 aliphatic heterocycles. The standard InChI is InChI=1S/C22H23N5O3S2/c1-2-30-18-10-4-3-9-17(18)24-21-25-26-22(32-21)31-14-19(28)23-15-7-5-8-16(13-15)27-12-6-11-20(27)29/h3-5,7-10,13H,2,6,11-12,14H2,1H3,(H,23,28)(H,24,25). The maximum absolute atomic E-state index is 12.4. The lowest BCUT2D eigenvalue weighted by molar-refractivity contribution is -0.117. The molecular formula is C22H23N5O3S2. The zero-order valence-electron chi connectivity index (χ0n) is 17.5. The first-order valence-corrected chi connectivity index (χ1v) is 12.1. The fraction of sp³-hybridized carbons (Fsp3) is 0.273. The van der Waals surface area contributed by atoms with Crippen LogP contribution in [0, 0.1) is 0 Å². The molecule has 1 aromatic heterocycles. The highest BCUT2D eigenvalue weighted by molar-refractivity contribution is 8.01. The number of rotatable bonds is 9. The van der Waals surface area contributed by atoms with E-state index in [0.717, 1.165) is 23.5 Å². The Bertz CT molecular complexity index is 1100. The minimum absolute atomic E-state index is 0.119. The zero-order valence-corrected chi connectivity index (χ0v) is 19.2. The molecule has 0 spiro atoms. The van der Waals surface area contributed by atoms with E-state index in [4.69, 9.17) is 4.74 Å². The monoisotopic (exact) mass is 469 g/mol. The van der Waals surface area contributed by atoms with Crippen molar-refractivity contribution in [1.29, 1.82) is 0 Å². The van der Waals surface area contributed by atoms with E-state index < -0.39 is 0 Å². The molecule has 4 rings (SSSR count). The summed E-state index contributed by atoms with van der Waals surface area (Å²) in [5.41, 5.74) is 2.29. The van der Waals surface area contributed by atoms with Crippen LogP contribution in [-0.2, 0) is 9.59 Å². The van der Waals surface area contributed by atoms with Gasteiger partial charge in [-0.1, -0.05) is 41.3 Å². The number of carbonyl (C=O) groups is 2. The number of hydrogen-bond donors (Lipinski definition) is 2.